The van der Waals surface area contributed by atoms with Crippen molar-refractivity contribution in [3.63, 3.8) is 0 Å². The Morgan fingerprint density at radius 2 is 1.54 bits per heavy atom. The molecule has 2 heterocycles. The van der Waals surface area contributed by atoms with Gasteiger partial charge in [-0.3, -0.25) is 14.8 Å². The van der Waals surface area contributed by atoms with Gasteiger partial charge in [-0.25, -0.2) is 14.9 Å². The Morgan fingerprint density at radius 3 is 2.22 bits per heavy atom. The third-order valence-corrected chi connectivity index (χ3v) is 8.37. The zero-order chi connectivity index (χ0) is 25.7. The summed E-state index contributed by atoms with van der Waals surface area (Å²) in [5, 5.41) is 12.7. The smallest absolute Gasteiger partial charge is 0.243 e. The maximum Gasteiger partial charge on any atom is 0.243 e. The maximum absolute atomic E-state index is 13.8. The van der Waals surface area contributed by atoms with E-state index in [2.05, 4.69) is 31.9 Å². The van der Waals surface area contributed by atoms with Crippen molar-refractivity contribution in [1.82, 2.24) is 9.55 Å². The highest BCUT2D eigenvalue weighted by Crippen LogP contribution is 2.51. The number of imide groups is 1. The molecule has 9 heteroatoms. The van der Waals surface area contributed by atoms with Gasteiger partial charge < -0.3 is 4.57 Å². The molecule has 186 valence electrons. The Hall–Kier alpha value is -3.27. The first kappa shape index (κ1) is 24.1. The maximum atomic E-state index is 13.8. The number of benzene rings is 3. The molecule has 37 heavy (non-hydrogen) atoms. The molecule has 1 fully saturated rings. The van der Waals surface area contributed by atoms with E-state index in [-0.39, 0.29) is 18.2 Å². The molecule has 6 rings (SSSR count). The Labute approximate surface area is 230 Å². The molecule has 3 atom stereocenters. The monoisotopic (exact) mass is 620 g/mol. The summed E-state index contributed by atoms with van der Waals surface area (Å²) in [6.45, 7) is 0.496. The first-order valence-electron chi connectivity index (χ1n) is 11.9. The van der Waals surface area contributed by atoms with Crippen molar-refractivity contribution in [1.29, 1.82) is 0 Å². The molecule has 0 radical (unpaired) electrons. The average molecular weight is 622 g/mol. The SMILES string of the molecule is O=C1[C@H]2C[C@H](N(O)c3c(Br)cccc3Br)c3ncn(Cc4ccccc4)c3[C@H]2C(=O)N1c1ccccc1. The summed E-state index contributed by atoms with van der Waals surface area (Å²) >= 11 is 7.07. The molecule has 3 aromatic carbocycles. The molecule has 2 amide bonds. The lowest BCUT2D eigenvalue weighted by Crippen LogP contribution is -2.36. The fourth-order valence-electron chi connectivity index (χ4n) is 5.44. The normalized spacial score (nSPS) is 20.6. The van der Waals surface area contributed by atoms with Crippen molar-refractivity contribution < 1.29 is 14.8 Å². The van der Waals surface area contributed by atoms with E-state index in [1.165, 1.54) is 4.90 Å². The molecule has 1 aromatic heterocycles. The van der Waals surface area contributed by atoms with Gasteiger partial charge in [-0.15, -0.1) is 0 Å². The van der Waals surface area contributed by atoms with Crippen LogP contribution in [0.15, 0.2) is 94.1 Å². The number of carbonyl (C=O) groups is 2. The molecule has 0 unspecified atom stereocenters. The Morgan fingerprint density at radius 1 is 0.892 bits per heavy atom. The average Bonchev–Trinajstić information content (AvgIpc) is 3.42. The van der Waals surface area contributed by atoms with Gasteiger partial charge in [0.2, 0.25) is 11.8 Å². The minimum absolute atomic E-state index is 0.248. The van der Waals surface area contributed by atoms with Gasteiger partial charge in [0.05, 0.1) is 40.9 Å². The number of hydrogen-bond donors (Lipinski definition) is 1. The summed E-state index contributed by atoms with van der Waals surface area (Å²) in [6, 6.07) is 23.8. The second-order valence-electron chi connectivity index (χ2n) is 9.23. The van der Waals surface area contributed by atoms with Crippen molar-refractivity contribution in [3.05, 3.63) is 111 Å². The molecule has 1 N–H and O–H groups in total. The van der Waals surface area contributed by atoms with E-state index in [1.807, 2.05) is 71.3 Å². The third kappa shape index (κ3) is 4.02. The first-order valence-corrected chi connectivity index (χ1v) is 13.5. The topological polar surface area (TPSA) is 78.7 Å². The number of para-hydroxylation sites is 2. The minimum Gasteiger partial charge on any atom is -0.329 e. The van der Waals surface area contributed by atoms with Gasteiger partial charge in [-0.05, 0) is 68.1 Å². The number of carbonyl (C=O) groups excluding carboxylic acids is 2. The molecule has 0 bridgehead atoms. The van der Waals surface area contributed by atoms with E-state index in [9.17, 15) is 14.8 Å². The number of rotatable bonds is 5. The molecule has 1 saturated heterocycles. The molecular formula is C28H22Br2N4O3. The van der Waals surface area contributed by atoms with Crippen LogP contribution in [-0.2, 0) is 16.1 Å². The number of halogens is 2. The van der Waals surface area contributed by atoms with Crippen molar-refractivity contribution in [3.8, 4) is 0 Å². The molecule has 2 aliphatic rings. The van der Waals surface area contributed by atoms with Crippen LogP contribution in [-0.4, -0.2) is 26.6 Å². The number of anilines is 2. The number of fused-ring (bicyclic) bond motifs is 3. The van der Waals surface area contributed by atoms with Crippen LogP contribution < -0.4 is 9.96 Å². The predicted octanol–water partition coefficient (Wildman–Crippen LogP) is 6.07. The zero-order valence-corrected chi connectivity index (χ0v) is 22.7. The fraction of sp³-hybridized carbons (Fsp3) is 0.179. The Kier molecular flexibility index (Phi) is 6.22. The standard InChI is InChI=1S/C28H22Br2N4O3/c29-20-12-7-13-21(30)25(20)34(37)22-14-19-23(28(36)33(27(19)35)18-10-5-2-6-11-18)26-24(22)31-16-32(26)15-17-8-3-1-4-9-17/h1-13,16,19,22-23,37H,14-15H2/t19-,22-,23-/m0/s1. The van der Waals surface area contributed by atoms with Gasteiger partial charge in [0.15, 0.2) is 0 Å². The molecule has 1 aliphatic carbocycles. The highest BCUT2D eigenvalue weighted by molar-refractivity contribution is 9.11. The van der Waals surface area contributed by atoms with Crippen LogP contribution >= 0.6 is 31.9 Å². The van der Waals surface area contributed by atoms with Gasteiger partial charge >= 0.3 is 0 Å². The number of imidazole rings is 1. The van der Waals surface area contributed by atoms with E-state index >= 15 is 0 Å². The van der Waals surface area contributed by atoms with Crippen molar-refractivity contribution in [2.24, 2.45) is 5.92 Å². The van der Waals surface area contributed by atoms with Crippen LogP contribution in [0.25, 0.3) is 0 Å². The third-order valence-electron chi connectivity index (χ3n) is 7.09. The summed E-state index contributed by atoms with van der Waals surface area (Å²) in [5.41, 5.74) is 3.40. The lowest BCUT2D eigenvalue weighted by atomic mass is 9.78. The summed E-state index contributed by atoms with van der Waals surface area (Å²) in [6.07, 6.45) is 1.96. The summed E-state index contributed by atoms with van der Waals surface area (Å²) in [7, 11) is 0. The molecule has 4 aromatic rings. The Bertz CT molecular complexity index is 1470. The molecule has 1 aliphatic heterocycles. The molecule has 0 saturated carbocycles. The van der Waals surface area contributed by atoms with E-state index in [0.29, 0.717) is 38.3 Å². The zero-order valence-electron chi connectivity index (χ0n) is 19.5. The fourth-order valence-corrected chi connectivity index (χ4v) is 6.81. The summed E-state index contributed by atoms with van der Waals surface area (Å²) in [5.74, 6) is -1.83. The predicted molar refractivity (Wildman–Crippen MR) is 146 cm³/mol. The summed E-state index contributed by atoms with van der Waals surface area (Å²) in [4.78, 5) is 33.6. The van der Waals surface area contributed by atoms with E-state index in [1.54, 1.807) is 18.5 Å². The highest BCUT2D eigenvalue weighted by Gasteiger charge is 2.55. The number of hydrogen-bond acceptors (Lipinski definition) is 5. The molecule has 7 nitrogen and oxygen atoms in total. The molecule has 0 spiro atoms. The summed E-state index contributed by atoms with van der Waals surface area (Å²) < 4.78 is 3.32. The lowest BCUT2D eigenvalue weighted by Gasteiger charge is -2.35. The number of nitrogens with zero attached hydrogens (tertiary/aromatic N) is 4. The van der Waals surface area contributed by atoms with Crippen LogP contribution in [0, 0.1) is 5.92 Å². The minimum atomic E-state index is -0.679. The second-order valence-corrected chi connectivity index (χ2v) is 10.9. The lowest BCUT2D eigenvalue weighted by molar-refractivity contribution is -0.122. The second kappa shape index (κ2) is 9.55. The quantitative estimate of drug-likeness (QED) is 0.216. The van der Waals surface area contributed by atoms with Crippen molar-refractivity contribution in [2.75, 3.05) is 9.96 Å². The van der Waals surface area contributed by atoms with Crippen LogP contribution in [0.1, 0.15) is 35.3 Å². The Balaban J connectivity index is 1.48. The van der Waals surface area contributed by atoms with E-state index < -0.39 is 17.9 Å². The van der Waals surface area contributed by atoms with Crippen LogP contribution in [0.5, 0.6) is 0 Å². The largest absolute Gasteiger partial charge is 0.329 e. The van der Waals surface area contributed by atoms with Crippen molar-refractivity contribution in [2.45, 2.75) is 24.9 Å². The van der Waals surface area contributed by atoms with Gasteiger partial charge in [0, 0.05) is 15.5 Å². The van der Waals surface area contributed by atoms with Crippen LogP contribution in [0.2, 0.25) is 0 Å². The highest BCUT2D eigenvalue weighted by atomic mass is 79.9. The van der Waals surface area contributed by atoms with E-state index in [0.717, 1.165) is 10.6 Å². The van der Waals surface area contributed by atoms with Crippen LogP contribution in [0.3, 0.4) is 0 Å². The van der Waals surface area contributed by atoms with Crippen LogP contribution in [0.4, 0.5) is 11.4 Å². The van der Waals surface area contributed by atoms with Gasteiger partial charge in [-0.1, -0.05) is 54.6 Å². The van der Waals surface area contributed by atoms with E-state index in [4.69, 9.17) is 4.98 Å². The number of aromatic nitrogens is 2. The number of hydroxylamine groups is 1. The first-order chi connectivity index (χ1) is 18.0. The molecular weight excluding hydrogens is 600 g/mol. The number of amides is 2. The van der Waals surface area contributed by atoms with Crippen molar-refractivity contribution >= 4 is 55.0 Å². The van der Waals surface area contributed by atoms with Gasteiger partial charge in [0.25, 0.3) is 0 Å². The van der Waals surface area contributed by atoms with Gasteiger partial charge in [0.1, 0.15) is 6.04 Å². The van der Waals surface area contributed by atoms with Gasteiger partial charge in [-0.2, -0.15) is 0 Å².